The molecule has 0 aromatic heterocycles. The van der Waals surface area contributed by atoms with Crippen LogP contribution in [0.4, 0.5) is 0 Å². The first-order chi connectivity index (χ1) is 9.98. The van der Waals surface area contributed by atoms with E-state index < -0.39 is 5.97 Å². The Labute approximate surface area is 125 Å². The van der Waals surface area contributed by atoms with Crippen LogP contribution in [0.1, 0.15) is 41.6 Å². The summed E-state index contributed by atoms with van der Waals surface area (Å²) in [7, 11) is 1.80. The van der Waals surface area contributed by atoms with Gasteiger partial charge in [0.15, 0.2) is 0 Å². The van der Waals surface area contributed by atoms with Gasteiger partial charge in [-0.25, -0.2) is 4.79 Å². The van der Waals surface area contributed by atoms with E-state index in [0.29, 0.717) is 6.54 Å². The van der Waals surface area contributed by atoms with Crippen molar-refractivity contribution in [3.05, 3.63) is 48.0 Å². The fraction of sp³-hybridized carbons (Fsp3) is 0.412. The molecule has 1 fully saturated rings. The van der Waals surface area contributed by atoms with E-state index in [2.05, 4.69) is 6.58 Å². The Balaban J connectivity index is 2.03. The Kier molecular flexibility index (Phi) is 4.46. The second-order valence-electron chi connectivity index (χ2n) is 5.79. The van der Waals surface area contributed by atoms with Crippen LogP contribution in [0.3, 0.4) is 0 Å². The van der Waals surface area contributed by atoms with Crippen LogP contribution in [0.25, 0.3) is 0 Å². The molecule has 0 heterocycles. The number of hydrogen-bond acceptors (Lipinski definition) is 2. The number of nitrogens with zero attached hydrogens (tertiary/aromatic N) is 1. The number of carboxylic acid groups (broad SMARTS) is 1. The average molecular weight is 287 g/mol. The normalized spacial score (nSPS) is 15.9. The minimum atomic E-state index is -0.939. The van der Waals surface area contributed by atoms with Crippen molar-refractivity contribution in [1.29, 1.82) is 0 Å². The van der Waals surface area contributed by atoms with Crippen LogP contribution in [-0.4, -0.2) is 28.9 Å². The van der Waals surface area contributed by atoms with Crippen LogP contribution in [-0.2, 0) is 11.3 Å². The third-order valence-electron chi connectivity index (χ3n) is 4.27. The lowest BCUT2D eigenvalue weighted by Crippen LogP contribution is -2.45. The van der Waals surface area contributed by atoms with Gasteiger partial charge >= 0.3 is 5.97 Å². The topological polar surface area (TPSA) is 57.6 Å². The first kappa shape index (κ1) is 15.3. The molecule has 21 heavy (non-hydrogen) atoms. The van der Waals surface area contributed by atoms with Gasteiger partial charge in [0.2, 0.25) is 5.91 Å². The SMILES string of the molecule is C=CCC1(C(=O)N(C)Cc2ccc(C(=O)O)cc2)CCC1. The number of carbonyl (C=O) groups is 2. The molecular weight excluding hydrogens is 266 g/mol. The van der Waals surface area contributed by atoms with E-state index in [1.165, 1.54) is 0 Å². The molecule has 0 atom stereocenters. The summed E-state index contributed by atoms with van der Waals surface area (Å²) >= 11 is 0. The highest BCUT2D eigenvalue weighted by Crippen LogP contribution is 2.45. The molecule has 1 amide bonds. The Hall–Kier alpha value is -2.10. The van der Waals surface area contributed by atoms with Gasteiger partial charge in [-0.15, -0.1) is 6.58 Å². The van der Waals surface area contributed by atoms with Gasteiger partial charge in [0.1, 0.15) is 0 Å². The van der Waals surface area contributed by atoms with E-state index >= 15 is 0 Å². The molecule has 4 heteroatoms. The predicted octanol–water partition coefficient (Wildman–Crippen LogP) is 3.09. The molecule has 0 aliphatic heterocycles. The maximum atomic E-state index is 12.6. The summed E-state index contributed by atoms with van der Waals surface area (Å²) in [6, 6.07) is 6.65. The highest BCUT2D eigenvalue weighted by molar-refractivity contribution is 5.87. The Morgan fingerprint density at radius 3 is 2.38 bits per heavy atom. The van der Waals surface area contributed by atoms with Crippen molar-refractivity contribution in [2.24, 2.45) is 5.41 Å². The number of carbonyl (C=O) groups excluding carboxylic acids is 1. The molecule has 112 valence electrons. The molecule has 1 N–H and O–H groups in total. The molecule has 1 aliphatic rings. The Bertz CT molecular complexity index is 544. The van der Waals surface area contributed by atoms with Crippen molar-refractivity contribution >= 4 is 11.9 Å². The highest BCUT2D eigenvalue weighted by Gasteiger charge is 2.44. The van der Waals surface area contributed by atoms with Crippen LogP contribution in [0.2, 0.25) is 0 Å². The summed E-state index contributed by atoms with van der Waals surface area (Å²) in [5, 5.41) is 8.88. The Morgan fingerprint density at radius 2 is 1.95 bits per heavy atom. The minimum absolute atomic E-state index is 0.163. The number of amides is 1. The fourth-order valence-corrected chi connectivity index (χ4v) is 2.89. The molecule has 0 bridgehead atoms. The van der Waals surface area contributed by atoms with Crippen LogP contribution in [0.5, 0.6) is 0 Å². The number of benzene rings is 1. The molecule has 1 aromatic rings. The van der Waals surface area contributed by atoms with Crippen molar-refractivity contribution in [1.82, 2.24) is 4.90 Å². The van der Waals surface area contributed by atoms with E-state index in [1.807, 2.05) is 6.08 Å². The second-order valence-corrected chi connectivity index (χ2v) is 5.79. The van der Waals surface area contributed by atoms with Crippen LogP contribution >= 0.6 is 0 Å². The van der Waals surface area contributed by atoms with E-state index in [9.17, 15) is 9.59 Å². The van der Waals surface area contributed by atoms with Crippen LogP contribution in [0.15, 0.2) is 36.9 Å². The molecule has 0 radical (unpaired) electrons. The summed E-state index contributed by atoms with van der Waals surface area (Å²) in [4.78, 5) is 25.2. The summed E-state index contributed by atoms with van der Waals surface area (Å²) in [5.41, 5.74) is 0.941. The summed E-state index contributed by atoms with van der Waals surface area (Å²) < 4.78 is 0. The van der Waals surface area contributed by atoms with E-state index in [4.69, 9.17) is 5.11 Å². The van der Waals surface area contributed by atoms with Gasteiger partial charge in [0.05, 0.1) is 11.0 Å². The van der Waals surface area contributed by atoms with Crippen molar-refractivity contribution in [2.45, 2.75) is 32.2 Å². The van der Waals surface area contributed by atoms with E-state index in [-0.39, 0.29) is 16.9 Å². The molecule has 1 saturated carbocycles. The van der Waals surface area contributed by atoms with Crippen molar-refractivity contribution in [3.63, 3.8) is 0 Å². The zero-order valence-electron chi connectivity index (χ0n) is 12.3. The average Bonchev–Trinajstić information content (AvgIpc) is 2.42. The lowest BCUT2D eigenvalue weighted by atomic mass is 9.65. The zero-order chi connectivity index (χ0) is 15.5. The molecule has 1 aliphatic carbocycles. The van der Waals surface area contributed by atoms with Crippen molar-refractivity contribution in [2.75, 3.05) is 7.05 Å². The number of rotatable bonds is 6. The zero-order valence-corrected chi connectivity index (χ0v) is 12.3. The summed E-state index contributed by atoms with van der Waals surface area (Å²) in [6.07, 6.45) is 5.52. The largest absolute Gasteiger partial charge is 0.478 e. The van der Waals surface area contributed by atoms with Gasteiger partial charge in [-0.2, -0.15) is 0 Å². The third kappa shape index (κ3) is 3.15. The first-order valence-corrected chi connectivity index (χ1v) is 7.17. The fourth-order valence-electron chi connectivity index (χ4n) is 2.89. The van der Waals surface area contributed by atoms with Gasteiger partial charge in [-0.3, -0.25) is 4.79 Å². The summed E-state index contributed by atoms with van der Waals surface area (Å²) in [5.74, 6) is -0.777. The maximum Gasteiger partial charge on any atom is 0.335 e. The molecule has 0 saturated heterocycles. The van der Waals surface area contributed by atoms with Crippen LogP contribution in [0, 0.1) is 5.41 Å². The van der Waals surface area contributed by atoms with Crippen LogP contribution < -0.4 is 0 Å². The third-order valence-corrected chi connectivity index (χ3v) is 4.27. The minimum Gasteiger partial charge on any atom is -0.478 e. The lowest BCUT2D eigenvalue weighted by molar-refractivity contribution is -0.146. The van der Waals surface area contributed by atoms with Gasteiger partial charge in [0.25, 0.3) is 0 Å². The molecule has 0 spiro atoms. The molecule has 2 rings (SSSR count). The van der Waals surface area contributed by atoms with E-state index in [1.54, 1.807) is 36.2 Å². The monoisotopic (exact) mass is 287 g/mol. The number of carboxylic acids is 1. The lowest BCUT2D eigenvalue weighted by Gasteiger charge is -2.42. The number of allylic oxidation sites excluding steroid dienone is 1. The smallest absolute Gasteiger partial charge is 0.335 e. The van der Waals surface area contributed by atoms with Gasteiger partial charge in [0, 0.05) is 13.6 Å². The number of aromatic carboxylic acids is 1. The van der Waals surface area contributed by atoms with Gasteiger partial charge in [-0.05, 0) is 37.0 Å². The number of hydrogen-bond donors (Lipinski definition) is 1. The van der Waals surface area contributed by atoms with Crippen molar-refractivity contribution in [3.8, 4) is 0 Å². The summed E-state index contributed by atoms with van der Waals surface area (Å²) in [6.45, 7) is 4.25. The molecular formula is C17H21NO3. The van der Waals surface area contributed by atoms with Gasteiger partial charge in [-0.1, -0.05) is 24.6 Å². The molecule has 0 unspecified atom stereocenters. The van der Waals surface area contributed by atoms with Crippen molar-refractivity contribution < 1.29 is 14.7 Å². The van der Waals surface area contributed by atoms with Gasteiger partial charge < -0.3 is 10.0 Å². The Morgan fingerprint density at radius 1 is 1.33 bits per heavy atom. The van der Waals surface area contributed by atoms with E-state index in [0.717, 1.165) is 31.2 Å². The standard InChI is InChI=1S/C17H21NO3/c1-3-9-17(10-4-11-17)16(21)18(2)12-13-5-7-14(8-6-13)15(19)20/h3,5-8H,1,4,9-12H2,2H3,(H,19,20). The second kappa shape index (κ2) is 6.12. The highest BCUT2D eigenvalue weighted by atomic mass is 16.4. The maximum absolute atomic E-state index is 12.6. The molecule has 1 aromatic carbocycles. The molecule has 4 nitrogen and oxygen atoms in total. The predicted molar refractivity (Wildman–Crippen MR) is 81.0 cm³/mol. The first-order valence-electron chi connectivity index (χ1n) is 7.17. The quantitative estimate of drug-likeness (QED) is 0.818.